The van der Waals surface area contributed by atoms with Crippen molar-refractivity contribution in [3.8, 4) is 0 Å². The van der Waals surface area contributed by atoms with Gasteiger partial charge in [-0.3, -0.25) is 14.4 Å². The van der Waals surface area contributed by atoms with Crippen LogP contribution in [0.5, 0.6) is 0 Å². The van der Waals surface area contributed by atoms with Gasteiger partial charge in [0.25, 0.3) is 0 Å². The molecule has 138 valence electrons. The maximum absolute atomic E-state index is 12.3. The summed E-state index contributed by atoms with van der Waals surface area (Å²) >= 11 is 1.37. The molecular formula is C17H30N2O4S. The first kappa shape index (κ1) is 20.8. The number of hydrogen-bond acceptors (Lipinski definition) is 4. The number of carbonyl (C=O) groups excluding carboxylic acids is 2. The van der Waals surface area contributed by atoms with E-state index in [0.29, 0.717) is 24.5 Å². The lowest BCUT2D eigenvalue weighted by Gasteiger charge is -2.29. The number of carbonyl (C=O) groups is 3. The van der Waals surface area contributed by atoms with Crippen molar-refractivity contribution in [3.05, 3.63) is 0 Å². The molecular weight excluding hydrogens is 328 g/mol. The number of amides is 2. The second-order valence-corrected chi connectivity index (χ2v) is 9.05. The fourth-order valence-electron chi connectivity index (χ4n) is 2.75. The van der Waals surface area contributed by atoms with Crippen molar-refractivity contribution in [3.63, 3.8) is 0 Å². The molecule has 0 aliphatic carbocycles. The molecule has 0 aromatic carbocycles. The minimum Gasteiger partial charge on any atom is -0.480 e. The predicted octanol–water partition coefficient (Wildman–Crippen LogP) is 2.03. The minimum absolute atomic E-state index is 0.0939. The Kier molecular flexibility index (Phi) is 7.57. The summed E-state index contributed by atoms with van der Waals surface area (Å²) in [5.41, 5.74) is -0.359. The summed E-state index contributed by atoms with van der Waals surface area (Å²) < 4.78 is 0. The van der Waals surface area contributed by atoms with E-state index in [1.165, 1.54) is 11.8 Å². The highest BCUT2D eigenvalue weighted by Crippen LogP contribution is 2.31. The lowest BCUT2D eigenvalue weighted by atomic mass is 9.92. The van der Waals surface area contributed by atoms with Crippen LogP contribution in [0.2, 0.25) is 0 Å². The van der Waals surface area contributed by atoms with Crippen LogP contribution in [0.15, 0.2) is 0 Å². The molecule has 1 rings (SSSR count). The fraction of sp³-hybridized carbons (Fsp3) is 0.824. The van der Waals surface area contributed by atoms with E-state index >= 15 is 0 Å². The van der Waals surface area contributed by atoms with Crippen LogP contribution in [0.1, 0.15) is 53.9 Å². The van der Waals surface area contributed by atoms with Crippen LogP contribution in [-0.4, -0.2) is 46.0 Å². The predicted molar refractivity (Wildman–Crippen MR) is 95.9 cm³/mol. The van der Waals surface area contributed by atoms with Gasteiger partial charge in [0.1, 0.15) is 11.3 Å². The van der Waals surface area contributed by atoms with Crippen molar-refractivity contribution in [2.45, 2.75) is 71.2 Å². The Morgan fingerprint density at radius 2 is 2.00 bits per heavy atom. The van der Waals surface area contributed by atoms with Gasteiger partial charge in [-0.15, -0.1) is 11.8 Å². The molecule has 0 spiro atoms. The van der Waals surface area contributed by atoms with Gasteiger partial charge in [-0.2, -0.15) is 0 Å². The summed E-state index contributed by atoms with van der Waals surface area (Å²) in [5, 5.41) is 14.6. The van der Waals surface area contributed by atoms with Gasteiger partial charge in [0.15, 0.2) is 0 Å². The summed E-state index contributed by atoms with van der Waals surface area (Å²) in [4.78, 5) is 35.1. The summed E-state index contributed by atoms with van der Waals surface area (Å²) in [6, 6.07) is -0.570. The van der Waals surface area contributed by atoms with Crippen molar-refractivity contribution in [2.24, 2.45) is 11.3 Å². The van der Waals surface area contributed by atoms with Gasteiger partial charge in [0, 0.05) is 18.2 Å². The molecule has 3 N–H and O–H groups in total. The summed E-state index contributed by atoms with van der Waals surface area (Å²) in [7, 11) is 0. The second kappa shape index (κ2) is 8.74. The average molecular weight is 359 g/mol. The van der Waals surface area contributed by atoms with Gasteiger partial charge in [0.2, 0.25) is 11.8 Å². The van der Waals surface area contributed by atoms with Crippen LogP contribution in [0.3, 0.4) is 0 Å². The molecule has 1 saturated heterocycles. The van der Waals surface area contributed by atoms with E-state index in [1.807, 2.05) is 20.8 Å². The average Bonchev–Trinajstić information content (AvgIpc) is 2.82. The molecule has 3 atom stereocenters. The maximum atomic E-state index is 12.3. The lowest BCUT2D eigenvalue weighted by Crippen LogP contribution is -2.47. The quantitative estimate of drug-likeness (QED) is 0.617. The highest BCUT2D eigenvalue weighted by molar-refractivity contribution is 8.00. The molecule has 1 fully saturated rings. The Bertz CT molecular complexity index is 474. The van der Waals surface area contributed by atoms with E-state index in [9.17, 15) is 19.5 Å². The molecule has 1 aliphatic heterocycles. The molecule has 1 unspecified atom stereocenters. The SMILES string of the molecule is CC(C)C[C@@H](CS[C@@H](C(=O)O)C(C)(C)C)NC(=O)C1CCC(=O)N1. The zero-order valence-corrected chi connectivity index (χ0v) is 16.0. The monoisotopic (exact) mass is 358 g/mol. The fourth-order valence-corrected chi connectivity index (χ4v) is 4.04. The van der Waals surface area contributed by atoms with Gasteiger partial charge in [-0.25, -0.2) is 0 Å². The molecule has 0 saturated carbocycles. The number of carboxylic acids is 1. The van der Waals surface area contributed by atoms with Crippen LogP contribution in [-0.2, 0) is 14.4 Å². The van der Waals surface area contributed by atoms with E-state index in [2.05, 4.69) is 24.5 Å². The van der Waals surface area contributed by atoms with Crippen molar-refractivity contribution in [1.29, 1.82) is 0 Å². The molecule has 0 aromatic rings. The third-order valence-corrected chi connectivity index (χ3v) is 5.73. The third kappa shape index (κ3) is 6.71. The van der Waals surface area contributed by atoms with Crippen LogP contribution >= 0.6 is 11.8 Å². The molecule has 0 aromatic heterocycles. The Morgan fingerprint density at radius 3 is 2.42 bits per heavy atom. The standard InChI is InChI=1S/C17H30N2O4S/c1-10(2)8-11(9-24-14(16(22)23)17(3,4)5)18-15(21)12-6-7-13(20)19-12/h10-12,14H,6-9H2,1-5H3,(H,18,21)(H,19,20)(H,22,23)/t11-,12?,14-/m0/s1. The molecule has 6 nitrogen and oxygen atoms in total. The van der Waals surface area contributed by atoms with Crippen LogP contribution in [0, 0.1) is 11.3 Å². The van der Waals surface area contributed by atoms with E-state index in [4.69, 9.17) is 0 Å². The van der Waals surface area contributed by atoms with Gasteiger partial charge in [0.05, 0.1) is 0 Å². The van der Waals surface area contributed by atoms with E-state index in [-0.39, 0.29) is 23.3 Å². The Morgan fingerprint density at radius 1 is 1.38 bits per heavy atom. The highest BCUT2D eigenvalue weighted by Gasteiger charge is 2.33. The normalized spacial score (nSPS) is 20.6. The third-order valence-electron chi connectivity index (χ3n) is 3.89. The number of thioether (sulfide) groups is 1. The molecule has 2 amide bonds. The zero-order valence-electron chi connectivity index (χ0n) is 15.2. The number of rotatable bonds is 8. The van der Waals surface area contributed by atoms with Gasteiger partial charge in [-0.1, -0.05) is 34.6 Å². The van der Waals surface area contributed by atoms with Crippen molar-refractivity contribution < 1.29 is 19.5 Å². The van der Waals surface area contributed by atoms with Crippen molar-refractivity contribution in [2.75, 3.05) is 5.75 Å². The Balaban J connectivity index is 2.66. The summed E-state index contributed by atoms with van der Waals surface area (Å²) in [5.74, 6) is -0.172. The first-order valence-electron chi connectivity index (χ1n) is 8.44. The molecule has 24 heavy (non-hydrogen) atoms. The number of nitrogens with one attached hydrogen (secondary N) is 2. The molecule has 0 radical (unpaired) electrons. The van der Waals surface area contributed by atoms with Gasteiger partial charge < -0.3 is 15.7 Å². The first-order chi connectivity index (χ1) is 11.0. The zero-order chi connectivity index (χ0) is 18.5. The lowest BCUT2D eigenvalue weighted by molar-refractivity contribution is -0.138. The maximum Gasteiger partial charge on any atom is 0.317 e. The van der Waals surface area contributed by atoms with Gasteiger partial charge in [-0.05, 0) is 24.2 Å². The Hall–Kier alpha value is -1.24. The summed E-state index contributed by atoms with van der Waals surface area (Å²) in [6.45, 7) is 9.86. The van der Waals surface area contributed by atoms with Crippen molar-refractivity contribution in [1.82, 2.24) is 10.6 Å². The van der Waals surface area contributed by atoms with Gasteiger partial charge >= 0.3 is 5.97 Å². The number of aliphatic carboxylic acids is 1. The van der Waals surface area contributed by atoms with Crippen LogP contribution in [0.4, 0.5) is 0 Å². The number of carboxylic acid groups (broad SMARTS) is 1. The summed E-state index contributed by atoms with van der Waals surface area (Å²) in [6.07, 6.45) is 1.68. The molecule has 1 heterocycles. The second-order valence-electron chi connectivity index (χ2n) is 7.91. The van der Waals surface area contributed by atoms with Crippen molar-refractivity contribution >= 4 is 29.5 Å². The molecule has 7 heteroatoms. The van der Waals surface area contributed by atoms with E-state index < -0.39 is 17.3 Å². The van der Waals surface area contributed by atoms with E-state index in [0.717, 1.165) is 6.42 Å². The van der Waals surface area contributed by atoms with Crippen LogP contribution < -0.4 is 10.6 Å². The van der Waals surface area contributed by atoms with E-state index in [1.54, 1.807) is 0 Å². The smallest absolute Gasteiger partial charge is 0.317 e. The topological polar surface area (TPSA) is 95.5 Å². The minimum atomic E-state index is -0.829. The molecule has 1 aliphatic rings. The first-order valence-corrected chi connectivity index (χ1v) is 9.49. The highest BCUT2D eigenvalue weighted by atomic mass is 32.2. The Labute approximate surface area is 148 Å². The molecule has 0 bridgehead atoms. The van der Waals surface area contributed by atoms with Crippen LogP contribution in [0.25, 0.3) is 0 Å². The number of hydrogen-bond donors (Lipinski definition) is 3. The largest absolute Gasteiger partial charge is 0.480 e.